The molecular formula is C16H22ClN3. The number of hydrogen-bond donors (Lipinski definition) is 1. The van der Waals surface area contributed by atoms with Crippen molar-refractivity contribution >= 4 is 11.6 Å². The molecule has 0 radical (unpaired) electrons. The Kier molecular flexibility index (Phi) is 4.84. The molecule has 0 amide bonds. The smallest absolute Gasteiger partial charge is 0.0814 e. The van der Waals surface area contributed by atoms with Gasteiger partial charge in [-0.2, -0.15) is 5.10 Å². The van der Waals surface area contributed by atoms with Gasteiger partial charge in [0.25, 0.3) is 0 Å². The molecular weight excluding hydrogens is 270 g/mol. The molecule has 1 N–H and O–H groups in total. The highest BCUT2D eigenvalue weighted by Crippen LogP contribution is 2.22. The average molecular weight is 292 g/mol. The van der Waals surface area contributed by atoms with Crippen LogP contribution in [0.2, 0.25) is 5.02 Å². The molecule has 3 nitrogen and oxygen atoms in total. The zero-order chi connectivity index (χ0) is 14.7. The highest BCUT2D eigenvalue weighted by Gasteiger charge is 2.15. The van der Waals surface area contributed by atoms with Gasteiger partial charge in [-0.25, -0.2) is 0 Å². The van der Waals surface area contributed by atoms with E-state index in [1.807, 2.05) is 11.6 Å². The van der Waals surface area contributed by atoms with Crippen molar-refractivity contribution in [3.63, 3.8) is 0 Å². The quantitative estimate of drug-likeness (QED) is 0.908. The van der Waals surface area contributed by atoms with E-state index in [4.69, 9.17) is 11.6 Å². The van der Waals surface area contributed by atoms with E-state index in [9.17, 15) is 0 Å². The molecule has 0 aliphatic heterocycles. The minimum absolute atomic E-state index is 0.246. The first kappa shape index (κ1) is 15.1. The topological polar surface area (TPSA) is 29.9 Å². The predicted molar refractivity (Wildman–Crippen MR) is 84.3 cm³/mol. The van der Waals surface area contributed by atoms with E-state index in [1.54, 1.807) is 6.20 Å². The van der Waals surface area contributed by atoms with Crippen molar-refractivity contribution in [3.8, 4) is 0 Å². The maximum Gasteiger partial charge on any atom is 0.0814 e. The third kappa shape index (κ3) is 3.22. The summed E-state index contributed by atoms with van der Waals surface area (Å²) in [4.78, 5) is 0. The maximum absolute atomic E-state index is 6.08. The number of hydrogen-bond acceptors (Lipinski definition) is 2. The lowest BCUT2D eigenvalue weighted by atomic mass is 9.99. The Labute approximate surface area is 126 Å². The summed E-state index contributed by atoms with van der Waals surface area (Å²) in [6.45, 7) is 10.1. The monoisotopic (exact) mass is 291 g/mol. The van der Waals surface area contributed by atoms with Crippen molar-refractivity contribution in [3.05, 3.63) is 51.8 Å². The molecule has 1 atom stereocenters. The number of aryl methyl sites for hydroxylation is 2. The van der Waals surface area contributed by atoms with Crippen molar-refractivity contribution in [2.24, 2.45) is 0 Å². The number of benzene rings is 1. The first-order valence-corrected chi connectivity index (χ1v) is 7.39. The molecule has 0 saturated heterocycles. The van der Waals surface area contributed by atoms with E-state index in [1.165, 1.54) is 16.7 Å². The largest absolute Gasteiger partial charge is 0.309 e. The van der Waals surface area contributed by atoms with Gasteiger partial charge in [0.1, 0.15) is 0 Å². The van der Waals surface area contributed by atoms with Gasteiger partial charge in [-0.15, -0.1) is 0 Å². The molecule has 1 unspecified atom stereocenters. The Hall–Kier alpha value is -1.32. The standard InChI is InChI=1S/C16H22ClN3/c1-5-18-16(10-20-13(4)15(17)9-19-20)14-7-6-11(2)8-12(14)3/h6-9,16,18H,5,10H2,1-4H3. The van der Waals surface area contributed by atoms with E-state index in [0.717, 1.165) is 23.8 Å². The summed E-state index contributed by atoms with van der Waals surface area (Å²) in [5.41, 5.74) is 4.94. The van der Waals surface area contributed by atoms with Crippen molar-refractivity contribution < 1.29 is 0 Å². The average Bonchev–Trinajstić information content (AvgIpc) is 2.70. The number of halogens is 1. The van der Waals surface area contributed by atoms with Crippen molar-refractivity contribution in [1.29, 1.82) is 0 Å². The van der Waals surface area contributed by atoms with Crippen LogP contribution in [0.3, 0.4) is 0 Å². The fraction of sp³-hybridized carbons (Fsp3) is 0.438. The molecule has 1 heterocycles. The second-order valence-electron chi connectivity index (χ2n) is 5.23. The first-order valence-electron chi connectivity index (χ1n) is 7.01. The Morgan fingerprint density at radius 3 is 2.60 bits per heavy atom. The highest BCUT2D eigenvalue weighted by atomic mass is 35.5. The van der Waals surface area contributed by atoms with Gasteiger partial charge in [0.15, 0.2) is 0 Å². The van der Waals surface area contributed by atoms with Gasteiger partial charge < -0.3 is 5.32 Å². The van der Waals surface area contributed by atoms with E-state index in [2.05, 4.69) is 49.4 Å². The zero-order valence-corrected chi connectivity index (χ0v) is 13.3. The summed E-state index contributed by atoms with van der Waals surface area (Å²) in [5, 5.41) is 8.62. The van der Waals surface area contributed by atoms with Gasteiger partial charge in [-0.1, -0.05) is 42.3 Å². The van der Waals surface area contributed by atoms with Crippen LogP contribution >= 0.6 is 11.6 Å². The summed E-state index contributed by atoms with van der Waals surface area (Å²) in [6.07, 6.45) is 1.71. The Morgan fingerprint density at radius 1 is 1.30 bits per heavy atom. The third-order valence-electron chi connectivity index (χ3n) is 3.65. The Balaban J connectivity index is 2.29. The molecule has 108 valence electrons. The van der Waals surface area contributed by atoms with Crippen LogP contribution in [0.5, 0.6) is 0 Å². The minimum atomic E-state index is 0.246. The molecule has 1 aromatic carbocycles. The second-order valence-corrected chi connectivity index (χ2v) is 5.64. The minimum Gasteiger partial charge on any atom is -0.309 e. The van der Waals surface area contributed by atoms with Crippen molar-refractivity contribution in [2.75, 3.05) is 6.54 Å². The van der Waals surface area contributed by atoms with E-state index in [0.29, 0.717) is 0 Å². The van der Waals surface area contributed by atoms with Crippen LogP contribution in [0.25, 0.3) is 0 Å². The van der Waals surface area contributed by atoms with Crippen LogP contribution in [0, 0.1) is 20.8 Å². The molecule has 0 saturated carbocycles. The lowest BCUT2D eigenvalue weighted by molar-refractivity contribution is 0.441. The second kappa shape index (κ2) is 6.42. The first-order chi connectivity index (χ1) is 9.52. The highest BCUT2D eigenvalue weighted by molar-refractivity contribution is 6.31. The molecule has 2 rings (SSSR count). The normalized spacial score (nSPS) is 12.7. The molecule has 0 spiro atoms. The van der Waals surface area contributed by atoms with Crippen LogP contribution < -0.4 is 5.32 Å². The number of likely N-dealkylation sites (N-methyl/N-ethyl adjacent to an activating group) is 1. The Bertz CT molecular complexity index is 589. The SMILES string of the molecule is CCNC(Cn1ncc(Cl)c1C)c1ccc(C)cc1C. The third-order valence-corrected chi connectivity index (χ3v) is 4.02. The van der Waals surface area contributed by atoms with Crippen molar-refractivity contribution in [2.45, 2.75) is 40.3 Å². The summed E-state index contributed by atoms with van der Waals surface area (Å²) in [5.74, 6) is 0. The molecule has 4 heteroatoms. The van der Waals surface area contributed by atoms with E-state index in [-0.39, 0.29) is 6.04 Å². The van der Waals surface area contributed by atoms with Gasteiger partial charge in [0, 0.05) is 0 Å². The molecule has 1 aromatic heterocycles. The van der Waals surface area contributed by atoms with Gasteiger partial charge in [-0.3, -0.25) is 4.68 Å². The summed E-state index contributed by atoms with van der Waals surface area (Å²) in [7, 11) is 0. The summed E-state index contributed by atoms with van der Waals surface area (Å²) in [6, 6.07) is 6.84. The fourth-order valence-electron chi connectivity index (χ4n) is 2.52. The number of rotatable bonds is 5. The van der Waals surface area contributed by atoms with E-state index >= 15 is 0 Å². The lowest BCUT2D eigenvalue weighted by Crippen LogP contribution is -2.27. The van der Waals surface area contributed by atoms with Crippen LogP contribution in [-0.2, 0) is 6.54 Å². The number of nitrogens with one attached hydrogen (secondary N) is 1. The number of aromatic nitrogens is 2. The molecule has 0 fully saturated rings. The van der Waals surface area contributed by atoms with Gasteiger partial charge in [0.2, 0.25) is 0 Å². The van der Waals surface area contributed by atoms with Crippen LogP contribution in [0.4, 0.5) is 0 Å². The lowest BCUT2D eigenvalue weighted by Gasteiger charge is -2.21. The molecule has 0 aliphatic carbocycles. The van der Waals surface area contributed by atoms with Gasteiger partial charge in [-0.05, 0) is 38.4 Å². The summed E-state index contributed by atoms with van der Waals surface area (Å²) < 4.78 is 1.97. The van der Waals surface area contributed by atoms with Gasteiger partial charge >= 0.3 is 0 Å². The maximum atomic E-state index is 6.08. The Morgan fingerprint density at radius 2 is 2.05 bits per heavy atom. The molecule has 20 heavy (non-hydrogen) atoms. The van der Waals surface area contributed by atoms with E-state index < -0.39 is 0 Å². The predicted octanol–water partition coefficient (Wildman–Crippen LogP) is 3.81. The van der Waals surface area contributed by atoms with Crippen LogP contribution in [0.1, 0.15) is 35.3 Å². The molecule has 0 bridgehead atoms. The molecule has 0 aliphatic rings. The van der Waals surface area contributed by atoms with Crippen molar-refractivity contribution in [1.82, 2.24) is 15.1 Å². The zero-order valence-electron chi connectivity index (χ0n) is 12.6. The van der Waals surface area contributed by atoms with Crippen LogP contribution in [-0.4, -0.2) is 16.3 Å². The fourth-order valence-corrected chi connectivity index (χ4v) is 2.66. The molecule has 2 aromatic rings. The van der Waals surface area contributed by atoms with Gasteiger partial charge in [0.05, 0.1) is 29.5 Å². The van der Waals surface area contributed by atoms with Crippen LogP contribution in [0.15, 0.2) is 24.4 Å². The number of nitrogens with zero attached hydrogens (tertiary/aromatic N) is 2. The summed E-state index contributed by atoms with van der Waals surface area (Å²) >= 11 is 6.08.